The molecule has 3 N–H and O–H groups in total. The molecule has 148 valence electrons. The van der Waals surface area contributed by atoms with Gasteiger partial charge in [-0.3, -0.25) is 0 Å². The van der Waals surface area contributed by atoms with Crippen molar-refractivity contribution in [2.45, 2.75) is 51.0 Å². The zero-order valence-electron chi connectivity index (χ0n) is 16.6. The zero-order valence-corrected chi connectivity index (χ0v) is 17.4. The molecule has 4 nitrogen and oxygen atoms in total. The van der Waals surface area contributed by atoms with Crippen LogP contribution in [-0.4, -0.2) is 9.97 Å². The van der Waals surface area contributed by atoms with Gasteiger partial charge < -0.3 is 11.1 Å². The van der Waals surface area contributed by atoms with Crippen LogP contribution in [0.5, 0.6) is 0 Å². The maximum atomic E-state index is 5.76. The Bertz CT molecular complexity index is 1040. The van der Waals surface area contributed by atoms with E-state index >= 15 is 0 Å². The van der Waals surface area contributed by atoms with Crippen LogP contribution in [0.2, 0.25) is 0 Å². The molecule has 3 aromatic rings. The Hall–Kier alpha value is -2.66. The van der Waals surface area contributed by atoms with Crippen molar-refractivity contribution in [3.63, 3.8) is 0 Å². The second kappa shape index (κ2) is 7.64. The summed E-state index contributed by atoms with van der Waals surface area (Å²) >= 11 is 1.93. The molecule has 2 aliphatic rings. The van der Waals surface area contributed by atoms with Crippen molar-refractivity contribution in [1.29, 1.82) is 0 Å². The summed E-state index contributed by atoms with van der Waals surface area (Å²) in [5.41, 5.74) is 13.1. The number of rotatable bonds is 4. The van der Waals surface area contributed by atoms with Crippen LogP contribution in [0.25, 0.3) is 17.0 Å². The molecule has 0 bridgehead atoms. The Kier molecular flexibility index (Phi) is 4.84. The molecule has 0 saturated carbocycles. The van der Waals surface area contributed by atoms with Crippen LogP contribution in [0.15, 0.2) is 43.1 Å². The van der Waals surface area contributed by atoms with Crippen molar-refractivity contribution in [3.05, 3.63) is 69.6 Å². The van der Waals surface area contributed by atoms with E-state index in [1.807, 2.05) is 17.4 Å². The number of anilines is 1. The lowest BCUT2D eigenvalue weighted by Gasteiger charge is -2.28. The van der Waals surface area contributed by atoms with Crippen LogP contribution in [0.4, 0.5) is 5.95 Å². The SMILES string of the molecule is C=C(NC1CCCc2cc(-c3ccnc(N)n3)ccc21)c1cc2c(s1)CCCC2. The first-order valence-electron chi connectivity index (χ1n) is 10.5. The van der Waals surface area contributed by atoms with Crippen molar-refractivity contribution in [3.8, 4) is 11.3 Å². The van der Waals surface area contributed by atoms with E-state index in [0.717, 1.165) is 29.8 Å². The van der Waals surface area contributed by atoms with E-state index < -0.39 is 0 Å². The van der Waals surface area contributed by atoms with Gasteiger partial charge in [-0.2, -0.15) is 0 Å². The number of hydrogen-bond acceptors (Lipinski definition) is 5. The van der Waals surface area contributed by atoms with Gasteiger partial charge in [0.2, 0.25) is 5.95 Å². The van der Waals surface area contributed by atoms with Gasteiger partial charge in [0.25, 0.3) is 0 Å². The molecule has 1 atom stereocenters. The number of hydrogen-bond donors (Lipinski definition) is 2. The lowest BCUT2D eigenvalue weighted by molar-refractivity contribution is 0.521. The van der Waals surface area contributed by atoms with Gasteiger partial charge in [-0.15, -0.1) is 11.3 Å². The normalized spacial score (nSPS) is 18.0. The summed E-state index contributed by atoms with van der Waals surface area (Å²) in [6.45, 7) is 4.38. The predicted octanol–water partition coefficient (Wildman–Crippen LogP) is 5.30. The highest BCUT2D eigenvalue weighted by molar-refractivity contribution is 7.13. The van der Waals surface area contributed by atoms with Gasteiger partial charge in [-0.25, -0.2) is 9.97 Å². The quantitative estimate of drug-likeness (QED) is 0.621. The van der Waals surface area contributed by atoms with Gasteiger partial charge in [0.1, 0.15) is 0 Å². The van der Waals surface area contributed by atoms with E-state index in [-0.39, 0.29) is 0 Å². The number of nitrogens with zero attached hydrogens (tertiary/aromatic N) is 2. The lowest BCUT2D eigenvalue weighted by Crippen LogP contribution is -2.23. The van der Waals surface area contributed by atoms with Crippen molar-refractivity contribution in [1.82, 2.24) is 15.3 Å². The second-order valence-electron chi connectivity index (χ2n) is 8.05. The molecule has 2 aromatic heterocycles. The first-order chi connectivity index (χ1) is 14.2. The van der Waals surface area contributed by atoms with Gasteiger partial charge in [0.05, 0.1) is 16.6 Å². The van der Waals surface area contributed by atoms with Gasteiger partial charge in [0.15, 0.2) is 0 Å². The Morgan fingerprint density at radius 3 is 2.79 bits per heavy atom. The number of aromatic nitrogens is 2. The van der Waals surface area contributed by atoms with Crippen LogP contribution < -0.4 is 11.1 Å². The van der Waals surface area contributed by atoms with Gasteiger partial charge in [-0.1, -0.05) is 18.7 Å². The summed E-state index contributed by atoms with van der Waals surface area (Å²) in [7, 11) is 0. The van der Waals surface area contributed by atoms with Crippen LogP contribution in [0.1, 0.15) is 58.2 Å². The highest BCUT2D eigenvalue weighted by Gasteiger charge is 2.22. The molecule has 0 radical (unpaired) electrons. The maximum Gasteiger partial charge on any atom is 0.220 e. The third kappa shape index (κ3) is 3.67. The Labute approximate surface area is 175 Å². The van der Waals surface area contributed by atoms with Crippen molar-refractivity contribution < 1.29 is 0 Å². The average molecular weight is 403 g/mol. The summed E-state index contributed by atoms with van der Waals surface area (Å²) in [6, 6.07) is 11.2. The largest absolute Gasteiger partial charge is 0.378 e. The Morgan fingerprint density at radius 1 is 1.07 bits per heavy atom. The lowest BCUT2D eigenvalue weighted by atomic mass is 9.86. The van der Waals surface area contributed by atoms with Gasteiger partial charge in [-0.05, 0) is 79.8 Å². The molecule has 0 aliphatic heterocycles. The fourth-order valence-corrected chi connectivity index (χ4v) is 5.77. The van der Waals surface area contributed by atoms with E-state index in [0.29, 0.717) is 12.0 Å². The highest BCUT2D eigenvalue weighted by atomic mass is 32.1. The smallest absolute Gasteiger partial charge is 0.220 e. The van der Waals surface area contributed by atoms with Crippen LogP contribution >= 0.6 is 11.3 Å². The van der Waals surface area contributed by atoms with Gasteiger partial charge in [0, 0.05) is 22.3 Å². The molecule has 0 fully saturated rings. The molecule has 2 heterocycles. The molecule has 0 amide bonds. The van der Waals surface area contributed by atoms with Crippen LogP contribution in [0.3, 0.4) is 0 Å². The minimum absolute atomic E-state index is 0.315. The number of benzene rings is 1. The highest BCUT2D eigenvalue weighted by Crippen LogP contribution is 2.36. The number of thiophene rings is 1. The van der Waals surface area contributed by atoms with E-state index in [4.69, 9.17) is 5.73 Å². The van der Waals surface area contributed by atoms with Crippen LogP contribution in [0, 0.1) is 0 Å². The standard InChI is InChI=1S/C24H26N4S/c1-15(23-14-18-5-2-3-8-22(18)29-23)27-21-7-4-6-16-13-17(9-10-19(16)21)20-11-12-26-24(25)28-20/h9-14,21,27H,1-8H2,(H2,25,26,28). The molecule has 1 aromatic carbocycles. The summed E-state index contributed by atoms with van der Waals surface area (Å²) in [5.74, 6) is 0.315. The molecule has 5 heteroatoms. The first-order valence-corrected chi connectivity index (χ1v) is 11.3. The van der Waals surface area contributed by atoms with E-state index in [1.165, 1.54) is 53.7 Å². The van der Waals surface area contributed by atoms with E-state index in [2.05, 4.69) is 46.1 Å². The molecule has 29 heavy (non-hydrogen) atoms. The maximum absolute atomic E-state index is 5.76. The fourth-order valence-electron chi connectivity index (χ4n) is 4.58. The minimum atomic E-state index is 0.315. The minimum Gasteiger partial charge on any atom is -0.378 e. The number of nitrogens with one attached hydrogen (secondary N) is 1. The average Bonchev–Trinajstić information content (AvgIpc) is 3.18. The molecule has 2 aliphatic carbocycles. The molecule has 0 spiro atoms. The third-order valence-electron chi connectivity index (χ3n) is 6.07. The van der Waals surface area contributed by atoms with Crippen molar-refractivity contribution in [2.24, 2.45) is 0 Å². The zero-order chi connectivity index (χ0) is 19.8. The summed E-state index contributed by atoms with van der Waals surface area (Å²) in [4.78, 5) is 11.2. The molecule has 5 rings (SSSR count). The van der Waals surface area contributed by atoms with Crippen molar-refractivity contribution in [2.75, 3.05) is 5.73 Å². The summed E-state index contributed by atoms with van der Waals surface area (Å²) < 4.78 is 0. The first kappa shape index (κ1) is 18.4. The predicted molar refractivity (Wildman–Crippen MR) is 121 cm³/mol. The number of nitrogens with two attached hydrogens (primary N) is 1. The molecule has 0 saturated heterocycles. The number of fused-ring (bicyclic) bond motifs is 2. The van der Waals surface area contributed by atoms with E-state index in [9.17, 15) is 0 Å². The van der Waals surface area contributed by atoms with Gasteiger partial charge >= 0.3 is 0 Å². The molecular weight excluding hydrogens is 376 g/mol. The Morgan fingerprint density at radius 2 is 1.93 bits per heavy atom. The molecule has 1 unspecified atom stereocenters. The summed E-state index contributed by atoms with van der Waals surface area (Å²) in [6.07, 6.45) is 10.2. The summed E-state index contributed by atoms with van der Waals surface area (Å²) in [5, 5.41) is 3.74. The van der Waals surface area contributed by atoms with Crippen LogP contribution in [-0.2, 0) is 19.3 Å². The fraction of sp³-hybridized carbons (Fsp3) is 0.333. The topological polar surface area (TPSA) is 63.8 Å². The van der Waals surface area contributed by atoms with E-state index in [1.54, 1.807) is 11.1 Å². The third-order valence-corrected chi connectivity index (χ3v) is 7.37. The second-order valence-corrected chi connectivity index (χ2v) is 9.18. The monoisotopic (exact) mass is 402 g/mol. The molecular formula is C24H26N4S. The number of nitrogen functional groups attached to an aromatic ring is 1. The Balaban J connectivity index is 1.38. The van der Waals surface area contributed by atoms with Crippen molar-refractivity contribution >= 4 is 23.0 Å². The number of aryl methyl sites for hydroxylation is 3.